The van der Waals surface area contributed by atoms with E-state index < -0.39 is 24.7 Å². The Labute approximate surface area is 160 Å². The van der Waals surface area contributed by atoms with E-state index in [1.807, 2.05) is 0 Å². The molecule has 3 rings (SSSR count). The average Bonchev–Trinajstić information content (AvgIpc) is 2.61. The third-order valence-electron chi connectivity index (χ3n) is 6.90. The minimum Gasteiger partial charge on any atom is -0.281 e. The highest BCUT2D eigenvalue weighted by atomic mass is 19.3. The summed E-state index contributed by atoms with van der Waals surface area (Å²) in [5.74, 6) is -1.01. The van der Waals surface area contributed by atoms with Crippen molar-refractivity contribution in [2.45, 2.75) is 90.0 Å². The first-order valence-corrected chi connectivity index (χ1v) is 10.6. The van der Waals surface area contributed by atoms with Crippen LogP contribution in [0.4, 0.5) is 17.6 Å². The molecule has 2 saturated carbocycles. The van der Waals surface area contributed by atoms with Crippen molar-refractivity contribution in [2.24, 2.45) is 23.7 Å². The fraction of sp³-hybridized carbons (Fsp3) is 0.818. The average molecular weight is 388 g/mol. The van der Waals surface area contributed by atoms with Crippen LogP contribution < -0.4 is 0 Å². The molecule has 0 aromatic rings. The third kappa shape index (κ3) is 5.58. The second-order valence-corrected chi connectivity index (χ2v) is 8.76. The predicted molar refractivity (Wildman–Crippen MR) is 98.6 cm³/mol. The van der Waals surface area contributed by atoms with Crippen molar-refractivity contribution in [2.75, 3.05) is 0 Å². The molecule has 0 heterocycles. The number of hydrogen-bond donors (Lipinski definition) is 0. The van der Waals surface area contributed by atoms with Gasteiger partial charge in [0.05, 0.1) is 6.42 Å². The lowest BCUT2D eigenvalue weighted by molar-refractivity contribution is -0.239. The van der Waals surface area contributed by atoms with E-state index in [9.17, 15) is 17.6 Å². The first kappa shape index (κ1) is 20.9. The molecular weight excluding hydrogens is 356 g/mol. The Balaban J connectivity index is 1.54. The van der Waals surface area contributed by atoms with Crippen molar-refractivity contribution in [3.05, 3.63) is 23.6 Å². The molecule has 0 amide bonds. The minimum absolute atomic E-state index is 0.0418. The van der Waals surface area contributed by atoms with Crippen molar-refractivity contribution in [3.63, 3.8) is 0 Å². The molecule has 0 bridgehead atoms. The van der Waals surface area contributed by atoms with Gasteiger partial charge in [-0.05, 0) is 79.9 Å². The molecule has 3 aliphatic rings. The molecule has 1 unspecified atom stereocenters. The molecule has 5 heteroatoms. The number of ether oxygens (including phenoxy) is 1. The van der Waals surface area contributed by atoms with Gasteiger partial charge in [-0.1, -0.05) is 32.6 Å². The van der Waals surface area contributed by atoms with E-state index >= 15 is 0 Å². The lowest BCUT2D eigenvalue weighted by Gasteiger charge is -2.39. The summed E-state index contributed by atoms with van der Waals surface area (Å²) in [7, 11) is 0. The van der Waals surface area contributed by atoms with Gasteiger partial charge < -0.3 is 0 Å². The molecule has 0 N–H and O–H groups in total. The Bertz CT molecular complexity index is 543. The molecule has 154 valence electrons. The molecule has 0 radical (unpaired) electrons. The summed E-state index contributed by atoms with van der Waals surface area (Å²) in [6, 6.07) is 0. The van der Waals surface area contributed by atoms with Crippen LogP contribution in [0.15, 0.2) is 23.6 Å². The van der Waals surface area contributed by atoms with E-state index in [1.165, 1.54) is 44.6 Å². The van der Waals surface area contributed by atoms with Gasteiger partial charge in [0, 0.05) is 0 Å². The van der Waals surface area contributed by atoms with Gasteiger partial charge in [0.1, 0.15) is 5.83 Å². The standard InChI is InChI=1S/C22H32F4O/c1-2-3-15-4-6-16(7-5-15)17-8-10-18(11-9-17)19-12-20(23)14-22(26,13-19)27-21(24)25/h12-13,15-18,21H,2-11,14H2,1H3. The molecule has 3 aliphatic carbocycles. The maximum atomic E-state index is 14.5. The SMILES string of the molecule is CCCC1CCC(C2CCC(C3=CC(F)(OC(F)F)CC(F)=C3)CC2)CC1. The summed E-state index contributed by atoms with van der Waals surface area (Å²) >= 11 is 0. The Hall–Kier alpha value is -0.840. The van der Waals surface area contributed by atoms with Crippen LogP contribution in [0, 0.1) is 23.7 Å². The summed E-state index contributed by atoms with van der Waals surface area (Å²) in [4.78, 5) is 0. The van der Waals surface area contributed by atoms with Gasteiger partial charge >= 0.3 is 6.61 Å². The van der Waals surface area contributed by atoms with Crippen molar-refractivity contribution in [1.82, 2.24) is 0 Å². The number of hydrogen-bond acceptors (Lipinski definition) is 1. The van der Waals surface area contributed by atoms with Gasteiger partial charge in [-0.3, -0.25) is 4.74 Å². The molecule has 1 atom stereocenters. The van der Waals surface area contributed by atoms with Crippen LogP contribution in [0.2, 0.25) is 0 Å². The van der Waals surface area contributed by atoms with E-state index in [4.69, 9.17) is 0 Å². The van der Waals surface area contributed by atoms with Gasteiger partial charge in [-0.25, -0.2) is 8.78 Å². The van der Waals surface area contributed by atoms with Crippen LogP contribution in [0.3, 0.4) is 0 Å². The van der Waals surface area contributed by atoms with E-state index in [0.717, 1.165) is 43.6 Å². The quantitative estimate of drug-likeness (QED) is 0.428. The summed E-state index contributed by atoms with van der Waals surface area (Å²) in [6.07, 6.45) is 13.4. The molecule has 0 aromatic heterocycles. The van der Waals surface area contributed by atoms with E-state index in [2.05, 4.69) is 11.7 Å². The first-order valence-electron chi connectivity index (χ1n) is 10.6. The van der Waals surface area contributed by atoms with E-state index in [0.29, 0.717) is 11.5 Å². The number of allylic oxidation sites excluding steroid dienone is 2. The smallest absolute Gasteiger partial charge is 0.281 e. The zero-order valence-corrected chi connectivity index (χ0v) is 16.2. The van der Waals surface area contributed by atoms with Crippen LogP contribution >= 0.6 is 0 Å². The molecular formula is C22H32F4O. The predicted octanol–water partition coefficient (Wildman–Crippen LogP) is 7.49. The third-order valence-corrected chi connectivity index (χ3v) is 6.90. The van der Waals surface area contributed by atoms with Crippen molar-refractivity contribution >= 4 is 0 Å². The van der Waals surface area contributed by atoms with Crippen molar-refractivity contribution in [3.8, 4) is 0 Å². The second kappa shape index (κ2) is 9.11. The number of alkyl halides is 3. The summed E-state index contributed by atoms with van der Waals surface area (Å²) < 4.78 is 57.3. The van der Waals surface area contributed by atoms with Crippen molar-refractivity contribution in [1.29, 1.82) is 0 Å². The Kier molecular flexibility index (Phi) is 7.04. The minimum atomic E-state index is -3.25. The molecule has 0 aromatic carbocycles. The topological polar surface area (TPSA) is 9.23 Å². The number of rotatable bonds is 6. The Morgan fingerprint density at radius 1 is 1.04 bits per heavy atom. The van der Waals surface area contributed by atoms with Gasteiger partial charge in [0.15, 0.2) is 0 Å². The Morgan fingerprint density at radius 3 is 2.19 bits per heavy atom. The van der Waals surface area contributed by atoms with Gasteiger partial charge in [-0.15, -0.1) is 0 Å². The maximum absolute atomic E-state index is 14.5. The van der Waals surface area contributed by atoms with Crippen LogP contribution in [-0.4, -0.2) is 12.5 Å². The maximum Gasteiger partial charge on any atom is 0.348 e. The molecule has 27 heavy (non-hydrogen) atoms. The molecule has 0 aliphatic heterocycles. The Morgan fingerprint density at radius 2 is 1.63 bits per heavy atom. The van der Waals surface area contributed by atoms with Gasteiger partial charge in [0.2, 0.25) is 5.85 Å². The molecule has 2 fully saturated rings. The van der Waals surface area contributed by atoms with Crippen LogP contribution in [0.1, 0.15) is 77.6 Å². The highest BCUT2D eigenvalue weighted by Gasteiger charge is 2.39. The van der Waals surface area contributed by atoms with Gasteiger partial charge in [0.25, 0.3) is 0 Å². The summed E-state index contributed by atoms with van der Waals surface area (Å²) in [6.45, 7) is -1.000. The van der Waals surface area contributed by atoms with Crippen LogP contribution in [0.5, 0.6) is 0 Å². The highest BCUT2D eigenvalue weighted by molar-refractivity contribution is 5.32. The molecule has 1 nitrogen and oxygen atoms in total. The van der Waals surface area contributed by atoms with E-state index in [-0.39, 0.29) is 5.92 Å². The lowest BCUT2D eigenvalue weighted by atomic mass is 9.67. The number of halogens is 4. The molecule has 0 saturated heterocycles. The summed E-state index contributed by atoms with van der Waals surface area (Å²) in [5, 5.41) is 0. The fourth-order valence-corrected chi connectivity index (χ4v) is 5.54. The second-order valence-electron chi connectivity index (χ2n) is 8.76. The fourth-order valence-electron chi connectivity index (χ4n) is 5.54. The normalized spacial score (nSPS) is 37.9. The lowest BCUT2D eigenvalue weighted by Crippen LogP contribution is -2.31. The summed E-state index contributed by atoms with van der Waals surface area (Å²) in [5.41, 5.74) is 0.493. The first-order chi connectivity index (χ1) is 12.9. The monoisotopic (exact) mass is 388 g/mol. The van der Waals surface area contributed by atoms with Gasteiger partial charge in [-0.2, -0.15) is 8.78 Å². The van der Waals surface area contributed by atoms with Crippen LogP contribution in [0.25, 0.3) is 0 Å². The zero-order chi connectivity index (χ0) is 19.4. The largest absolute Gasteiger partial charge is 0.348 e. The van der Waals surface area contributed by atoms with Crippen molar-refractivity contribution < 1.29 is 22.3 Å². The van der Waals surface area contributed by atoms with Crippen LogP contribution in [-0.2, 0) is 4.74 Å². The zero-order valence-electron chi connectivity index (χ0n) is 16.2. The molecule has 0 spiro atoms. The van der Waals surface area contributed by atoms with E-state index in [1.54, 1.807) is 0 Å². The highest BCUT2D eigenvalue weighted by Crippen LogP contribution is 2.45.